The molecule has 5 unspecified atom stereocenters. The lowest BCUT2D eigenvalue weighted by molar-refractivity contribution is -0.114. The van der Waals surface area contributed by atoms with Crippen molar-refractivity contribution < 1.29 is 30.0 Å². The van der Waals surface area contributed by atoms with Gasteiger partial charge < -0.3 is 30.9 Å². The summed E-state index contributed by atoms with van der Waals surface area (Å²) in [6, 6.07) is 0. The van der Waals surface area contributed by atoms with E-state index in [4.69, 9.17) is 15.6 Å². The molecule has 0 radical (unpaired) electrons. The highest BCUT2D eigenvalue weighted by Crippen LogP contribution is 2.33. The van der Waals surface area contributed by atoms with Crippen molar-refractivity contribution in [3.63, 3.8) is 0 Å². The summed E-state index contributed by atoms with van der Waals surface area (Å²) in [6.07, 6.45) is -5.27. The number of rotatable bonds is 4. The first-order valence-electron chi connectivity index (χ1n) is 7.41. The standard InChI is InChI=1S/C13H18N6O6/c1-4(21)16-13-17-10(14)6-11(18-13)19(3-15-6)12-8(24)7(23)9(25-12)5(22)2-20/h3,5,7-9,12,20,22-24H,2H2,1H3,(H3,14,16,17,18,21). The van der Waals surface area contributed by atoms with E-state index in [1.807, 2.05) is 0 Å². The number of aliphatic hydroxyl groups is 4. The van der Waals surface area contributed by atoms with Gasteiger partial charge in [-0.05, 0) is 0 Å². The first kappa shape index (κ1) is 17.4. The van der Waals surface area contributed by atoms with Crippen LogP contribution in [0.15, 0.2) is 6.33 Å². The number of carbonyl (C=O) groups excluding carboxylic acids is 1. The van der Waals surface area contributed by atoms with Crippen molar-refractivity contribution in [2.45, 2.75) is 37.6 Å². The predicted molar refractivity (Wildman–Crippen MR) is 83.1 cm³/mol. The lowest BCUT2D eigenvalue weighted by atomic mass is 10.1. The number of nitrogens with two attached hydrogens (primary N) is 1. The van der Waals surface area contributed by atoms with E-state index in [-0.39, 0.29) is 22.9 Å². The van der Waals surface area contributed by atoms with Gasteiger partial charge in [-0.2, -0.15) is 9.97 Å². The lowest BCUT2D eigenvalue weighted by Crippen LogP contribution is -2.40. The number of amides is 1. The van der Waals surface area contributed by atoms with Gasteiger partial charge in [-0.3, -0.25) is 14.7 Å². The quantitative estimate of drug-likeness (QED) is 0.338. The molecule has 0 spiro atoms. The van der Waals surface area contributed by atoms with Gasteiger partial charge in [-0.15, -0.1) is 0 Å². The Morgan fingerprint density at radius 3 is 2.80 bits per heavy atom. The second kappa shape index (κ2) is 6.50. The Morgan fingerprint density at radius 1 is 1.44 bits per heavy atom. The molecule has 0 aromatic carbocycles. The van der Waals surface area contributed by atoms with E-state index < -0.39 is 43.2 Å². The Bertz CT molecular complexity index is 797. The Morgan fingerprint density at radius 2 is 2.16 bits per heavy atom. The van der Waals surface area contributed by atoms with Crippen LogP contribution in [0.2, 0.25) is 0 Å². The molecule has 2 aromatic heterocycles. The second-order valence-corrected chi connectivity index (χ2v) is 5.66. The second-order valence-electron chi connectivity index (χ2n) is 5.66. The number of fused-ring (bicyclic) bond motifs is 1. The number of ether oxygens (including phenoxy) is 1. The Kier molecular flexibility index (Phi) is 4.53. The fourth-order valence-corrected chi connectivity index (χ4v) is 2.68. The maximum atomic E-state index is 11.2. The number of hydrogen-bond donors (Lipinski definition) is 6. The number of anilines is 2. The van der Waals surface area contributed by atoms with Crippen LogP contribution in [-0.4, -0.2) is 76.9 Å². The fraction of sp³-hybridized carbons (Fsp3) is 0.538. The molecule has 0 saturated carbocycles. The highest BCUT2D eigenvalue weighted by Gasteiger charge is 2.47. The third kappa shape index (κ3) is 3.01. The topological polar surface area (TPSA) is 189 Å². The van der Waals surface area contributed by atoms with Crippen molar-refractivity contribution in [3.8, 4) is 0 Å². The molecule has 1 saturated heterocycles. The van der Waals surface area contributed by atoms with Gasteiger partial charge in [-0.1, -0.05) is 0 Å². The predicted octanol–water partition coefficient (Wildman–Crippen LogP) is -2.66. The van der Waals surface area contributed by atoms with Crippen molar-refractivity contribution >= 4 is 28.8 Å². The molecule has 0 bridgehead atoms. The summed E-state index contributed by atoms with van der Waals surface area (Å²) >= 11 is 0. The van der Waals surface area contributed by atoms with Crippen molar-refractivity contribution in [1.29, 1.82) is 0 Å². The molecule has 1 aliphatic heterocycles. The molecule has 1 amide bonds. The molecule has 7 N–H and O–H groups in total. The number of hydrogen-bond acceptors (Lipinski definition) is 10. The highest BCUT2D eigenvalue weighted by molar-refractivity contribution is 5.89. The van der Waals surface area contributed by atoms with E-state index in [0.29, 0.717) is 0 Å². The summed E-state index contributed by atoms with van der Waals surface area (Å²) in [5.74, 6) is -0.449. The van der Waals surface area contributed by atoms with Crippen LogP contribution in [0.4, 0.5) is 11.8 Å². The van der Waals surface area contributed by atoms with Crippen molar-refractivity contribution in [2.75, 3.05) is 17.7 Å². The SMILES string of the molecule is CC(=O)Nc1nc(N)c2ncn(C3OC(C(O)CO)C(O)C3O)c2n1. The van der Waals surface area contributed by atoms with Crippen molar-refractivity contribution in [2.24, 2.45) is 0 Å². The molecular weight excluding hydrogens is 336 g/mol. The van der Waals surface area contributed by atoms with Gasteiger partial charge in [0.15, 0.2) is 17.7 Å². The maximum Gasteiger partial charge on any atom is 0.233 e. The lowest BCUT2D eigenvalue weighted by Gasteiger charge is -2.18. The summed E-state index contributed by atoms with van der Waals surface area (Å²) in [7, 11) is 0. The number of nitrogens with zero attached hydrogens (tertiary/aromatic N) is 4. The summed E-state index contributed by atoms with van der Waals surface area (Å²) < 4.78 is 6.78. The van der Waals surface area contributed by atoms with Gasteiger partial charge in [0.05, 0.1) is 12.9 Å². The molecule has 5 atom stereocenters. The first-order chi connectivity index (χ1) is 11.8. The van der Waals surface area contributed by atoms with Gasteiger partial charge in [-0.25, -0.2) is 4.98 Å². The van der Waals surface area contributed by atoms with Gasteiger partial charge in [0.25, 0.3) is 0 Å². The smallest absolute Gasteiger partial charge is 0.233 e. The molecule has 0 aliphatic carbocycles. The number of nitrogen functional groups attached to an aromatic ring is 1. The van der Waals surface area contributed by atoms with Gasteiger partial charge >= 0.3 is 0 Å². The molecule has 136 valence electrons. The van der Waals surface area contributed by atoms with E-state index in [1.54, 1.807) is 0 Å². The van der Waals surface area contributed by atoms with E-state index in [2.05, 4.69) is 20.3 Å². The monoisotopic (exact) mass is 354 g/mol. The van der Waals surface area contributed by atoms with E-state index in [1.165, 1.54) is 17.8 Å². The van der Waals surface area contributed by atoms with Gasteiger partial charge in [0.2, 0.25) is 11.9 Å². The molecule has 1 aliphatic rings. The summed E-state index contributed by atoms with van der Waals surface area (Å²) in [4.78, 5) is 23.3. The molecule has 3 rings (SSSR count). The van der Waals surface area contributed by atoms with Crippen LogP contribution in [0, 0.1) is 0 Å². The summed E-state index contributed by atoms with van der Waals surface area (Å²) in [5, 5.41) is 41.4. The van der Waals surface area contributed by atoms with E-state index in [0.717, 1.165) is 0 Å². The third-order valence-electron chi connectivity index (χ3n) is 3.85. The number of imidazole rings is 1. The van der Waals surface area contributed by atoms with E-state index >= 15 is 0 Å². The van der Waals surface area contributed by atoms with Crippen LogP contribution in [0.25, 0.3) is 11.2 Å². The highest BCUT2D eigenvalue weighted by atomic mass is 16.6. The minimum absolute atomic E-state index is 0.00692. The van der Waals surface area contributed by atoms with Crippen LogP contribution < -0.4 is 11.1 Å². The zero-order chi connectivity index (χ0) is 18.3. The molecule has 25 heavy (non-hydrogen) atoms. The first-order valence-corrected chi connectivity index (χ1v) is 7.41. The molecule has 3 heterocycles. The minimum Gasteiger partial charge on any atom is -0.394 e. The van der Waals surface area contributed by atoms with Crippen molar-refractivity contribution in [3.05, 3.63) is 6.33 Å². The number of aromatic nitrogens is 4. The van der Waals surface area contributed by atoms with Crippen molar-refractivity contribution in [1.82, 2.24) is 19.5 Å². The zero-order valence-electron chi connectivity index (χ0n) is 13.1. The molecule has 2 aromatic rings. The molecule has 1 fully saturated rings. The maximum absolute atomic E-state index is 11.2. The average Bonchev–Trinajstić information content (AvgIpc) is 3.09. The minimum atomic E-state index is -1.43. The Labute approximate surface area is 140 Å². The molecule has 12 heteroatoms. The Balaban J connectivity index is 2.01. The third-order valence-corrected chi connectivity index (χ3v) is 3.85. The number of carbonyl (C=O) groups is 1. The van der Waals surface area contributed by atoms with Crippen LogP contribution in [0.1, 0.15) is 13.2 Å². The summed E-state index contributed by atoms with van der Waals surface area (Å²) in [6.45, 7) is 0.635. The van der Waals surface area contributed by atoms with Gasteiger partial charge in [0.1, 0.15) is 29.9 Å². The van der Waals surface area contributed by atoms with Gasteiger partial charge in [0, 0.05) is 6.92 Å². The Hall–Kier alpha value is -2.38. The number of nitrogens with one attached hydrogen (secondary N) is 1. The zero-order valence-corrected chi connectivity index (χ0v) is 13.1. The molecular formula is C13H18N6O6. The molecule has 12 nitrogen and oxygen atoms in total. The van der Waals surface area contributed by atoms with Crippen LogP contribution in [0.5, 0.6) is 0 Å². The average molecular weight is 354 g/mol. The fourth-order valence-electron chi connectivity index (χ4n) is 2.68. The largest absolute Gasteiger partial charge is 0.394 e. The van der Waals surface area contributed by atoms with Crippen LogP contribution >= 0.6 is 0 Å². The van der Waals surface area contributed by atoms with E-state index in [9.17, 15) is 20.1 Å². The van der Waals surface area contributed by atoms with Crippen LogP contribution in [0.3, 0.4) is 0 Å². The number of aliphatic hydroxyl groups excluding tert-OH is 4. The van der Waals surface area contributed by atoms with Crippen LogP contribution in [-0.2, 0) is 9.53 Å². The summed E-state index contributed by atoms with van der Waals surface area (Å²) in [5.41, 5.74) is 6.17. The normalized spacial score (nSPS) is 27.6.